The van der Waals surface area contributed by atoms with Crippen LogP contribution in [0, 0.1) is 0 Å². The van der Waals surface area contributed by atoms with Gasteiger partial charge in [-0.3, -0.25) is 0 Å². The second-order valence-electron chi connectivity index (χ2n) is 4.15. The molecule has 0 unspecified atom stereocenters. The zero-order valence-corrected chi connectivity index (χ0v) is 10.9. The zero-order chi connectivity index (χ0) is 13.6. The third kappa shape index (κ3) is 1.92. The number of ether oxygens (including phenoxy) is 1. The van der Waals surface area contributed by atoms with Gasteiger partial charge in [0, 0.05) is 22.4 Å². The van der Waals surface area contributed by atoms with Crippen molar-refractivity contribution in [2.45, 2.75) is 4.90 Å². The van der Waals surface area contributed by atoms with Crippen LogP contribution in [-0.4, -0.2) is 25.5 Å². The second kappa shape index (κ2) is 3.94. The van der Waals surface area contributed by atoms with Crippen molar-refractivity contribution >= 4 is 31.8 Å². The van der Waals surface area contributed by atoms with E-state index in [2.05, 4.69) is 9.97 Å². The fourth-order valence-corrected chi connectivity index (χ4v) is 2.59. The highest BCUT2D eigenvalue weighted by Gasteiger charge is 2.12. The summed E-state index contributed by atoms with van der Waals surface area (Å²) < 4.78 is 27.8. The standard InChI is InChI=1S/C12H11N3O3S/c1-18-12-5-9-8-4-7(19(13,16)17)2-3-10(8)15-11(9)6-14-12/h2-6,15H,1H3,(H2,13,16,17). The molecule has 3 N–H and O–H groups in total. The molecule has 0 aliphatic rings. The summed E-state index contributed by atoms with van der Waals surface area (Å²) in [5.74, 6) is 0.467. The third-order valence-corrected chi connectivity index (χ3v) is 3.88. The van der Waals surface area contributed by atoms with Crippen LogP contribution in [0.2, 0.25) is 0 Å². The molecule has 1 aromatic carbocycles. The van der Waals surface area contributed by atoms with Crippen molar-refractivity contribution < 1.29 is 13.2 Å². The van der Waals surface area contributed by atoms with Gasteiger partial charge in [0.15, 0.2) is 0 Å². The molecule has 2 heterocycles. The Balaban J connectivity index is 2.39. The third-order valence-electron chi connectivity index (χ3n) is 2.97. The molecule has 2 aromatic heterocycles. The van der Waals surface area contributed by atoms with Crippen LogP contribution >= 0.6 is 0 Å². The number of benzene rings is 1. The van der Waals surface area contributed by atoms with Gasteiger partial charge in [-0.05, 0) is 18.2 Å². The minimum Gasteiger partial charge on any atom is -0.481 e. The number of nitrogens with zero attached hydrogens (tertiary/aromatic N) is 1. The quantitative estimate of drug-likeness (QED) is 0.739. The monoisotopic (exact) mass is 277 g/mol. The molecule has 98 valence electrons. The normalized spacial score (nSPS) is 12.1. The second-order valence-corrected chi connectivity index (χ2v) is 5.71. The average molecular weight is 277 g/mol. The molecule has 19 heavy (non-hydrogen) atoms. The molecule has 0 spiro atoms. The van der Waals surface area contributed by atoms with Crippen molar-refractivity contribution in [2.24, 2.45) is 5.14 Å². The summed E-state index contributed by atoms with van der Waals surface area (Å²) in [5.41, 5.74) is 1.62. The molecule has 0 saturated carbocycles. The molecule has 3 aromatic rings. The number of sulfonamides is 1. The Morgan fingerprint density at radius 2 is 1.95 bits per heavy atom. The zero-order valence-electron chi connectivity index (χ0n) is 10.0. The van der Waals surface area contributed by atoms with Gasteiger partial charge < -0.3 is 9.72 Å². The largest absolute Gasteiger partial charge is 0.481 e. The van der Waals surface area contributed by atoms with Gasteiger partial charge in [-0.2, -0.15) is 0 Å². The molecule has 0 fully saturated rings. The topological polar surface area (TPSA) is 98.1 Å². The summed E-state index contributed by atoms with van der Waals surface area (Å²) >= 11 is 0. The summed E-state index contributed by atoms with van der Waals surface area (Å²) in [7, 11) is -2.19. The Kier molecular flexibility index (Phi) is 2.48. The highest BCUT2D eigenvalue weighted by molar-refractivity contribution is 7.89. The van der Waals surface area contributed by atoms with Crippen LogP contribution in [0.15, 0.2) is 35.4 Å². The predicted octanol–water partition coefficient (Wildman–Crippen LogP) is 1.37. The average Bonchev–Trinajstić information content (AvgIpc) is 2.74. The number of nitrogens with one attached hydrogen (secondary N) is 1. The Hall–Kier alpha value is -2.12. The van der Waals surface area contributed by atoms with Crippen LogP contribution in [-0.2, 0) is 10.0 Å². The van der Waals surface area contributed by atoms with Gasteiger partial charge >= 0.3 is 0 Å². The Morgan fingerprint density at radius 3 is 2.63 bits per heavy atom. The summed E-state index contributed by atoms with van der Waals surface area (Å²) in [6, 6.07) is 6.45. The number of pyridine rings is 1. The molecule has 7 heteroatoms. The van der Waals surface area contributed by atoms with Crippen LogP contribution in [0.1, 0.15) is 0 Å². The minimum absolute atomic E-state index is 0.0803. The number of fused-ring (bicyclic) bond motifs is 3. The number of hydrogen-bond donors (Lipinski definition) is 2. The number of methoxy groups -OCH3 is 1. The summed E-state index contributed by atoms with van der Waals surface area (Å²) in [6.07, 6.45) is 1.64. The van der Waals surface area contributed by atoms with E-state index in [-0.39, 0.29) is 4.90 Å². The maximum absolute atomic E-state index is 11.4. The van der Waals surface area contributed by atoms with E-state index in [1.165, 1.54) is 13.2 Å². The molecule has 0 bridgehead atoms. The van der Waals surface area contributed by atoms with Crippen LogP contribution in [0.3, 0.4) is 0 Å². The molecular formula is C12H11N3O3S. The van der Waals surface area contributed by atoms with Crippen molar-refractivity contribution in [3.63, 3.8) is 0 Å². The van der Waals surface area contributed by atoms with E-state index in [0.717, 1.165) is 21.8 Å². The van der Waals surface area contributed by atoms with Crippen molar-refractivity contribution in [2.75, 3.05) is 7.11 Å². The lowest BCUT2D eigenvalue weighted by atomic mass is 10.2. The van der Waals surface area contributed by atoms with E-state index < -0.39 is 10.0 Å². The van der Waals surface area contributed by atoms with Gasteiger partial charge in [0.25, 0.3) is 0 Å². The molecule has 6 nitrogen and oxygen atoms in total. The molecule has 0 saturated heterocycles. The van der Waals surface area contributed by atoms with Crippen molar-refractivity contribution in [1.82, 2.24) is 9.97 Å². The summed E-state index contributed by atoms with van der Waals surface area (Å²) in [4.78, 5) is 7.33. The highest BCUT2D eigenvalue weighted by Crippen LogP contribution is 2.28. The van der Waals surface area contributed by atoms with E-state index in [0.29, 0.717) is 5.88 Å². The number of H-pyrrole nitrogens is 1. The number of rotatable bonds is 2. The number of hydrogen-bond acceptors (Lipinski definition) is 4. The fourth-order valence-electron chi connectivity index (χ4n) is 2.05. The van der Waals surface area contributed by atoms with Gasteiger partial charge in [0.2, 0.25) is 15.9 Å². The Bertz CT molecular complexity index is 884. The van der Waals surface area contributed by atoms with Gasteiger partial charge in [-0.15, -0.1) is 0 Å². The first-order valence-electron chi connectivity index (χ1n) is 5.47. The van der Waals surface area contributed by atoms with Gasteiger partial charge in [0.1, 0.15) is 0 Å². The van der Waals surface area contributed by atoms with Crippen molar-refractivity contribution in [3.8, 4) is 5.88 Å². The molecule has 0 aliphatic heterocycles. The van der Waals surface area contributed by atoms with Gasteiger partial charge in [-0.25, -0.2) is 18.5 Å². The van der Waals surface area contributed by atoms with Gasteiger partial charge in [-0.1, -0.05) is 0 Å². The van der Waals surface area contributed by atoms with Crippen molar-refractivity contribution in [1.29, 1.82) is 0 Å². The Labute approximate surface area is 109 Å². The maximum atomic E-state index is 11.4. The first kappa shape index (κ1) is 11.9. The molecular weight excluding hydrogens is 266 g/mol. The molecule has 0 radical (unpaired) electrons. The number of aromatic amines is 1. The van der Waals surface area contributed by atoms with Gasteiger partial charge in [0.05, 0.1) is 23.7 Å². The van der Waals surface area contributed by atoms with Crippen molar-refractivity contribution in [3.05, 3.63) is 30.5 Å². The van der Waals surface area contributed by atoms with Crippen LogP contribution in [0.25, 0.3) is 21.8 Å². The maximum Gasteiger partial charge on any atom is 0.238 e. The van der Waals surface area contributed by atoms with E-state index in [1.54, 1.807) is 24.4 Å². The van der Waals surface area contributed by atoms with E-state index in [1.807, 2.05) is 0 Å². The lowest BCUT2D eigenvalue weighted by molar-refractivity contribution is 0.399. The lowest BCUT2D eigenvalue weighted by Crippen LogP contribution is -2.11. The molecule has 0 aliphatic carbocycles. The Morgan fingerprint density at radius 1 is 1.21 bits per heavy atom. The number of primary sulfonamides is 1. The molecule has 0 atom stereocenters. The number of aromatic nitrogens is 2. The van der Waals surface area contributed by atoms with E-state index in [4.69, 9.17) is 9.88 Å². The SMILES string of the molecule is COc1cc2c(cn1)[nH]c1ccc(S(N)(=O)=O)cc12. The minimum atomic E-state index is -3.72. The summed E-state index contributed by atoms with van der Waals surface area (Å²) in [6.45, 7) is 0. The predicted molar refractivity (Wildman–Crippen MR) is 71.5 cm³/mol. The first-order chi connectivity index (χ1) is 8.99. The smallest absolute Gasteiger partial charge is 0.238 e. The lowest BCUT2D eigenvalue weighted by Gasteiger charge is -1.99. The molecule has 0 amide bonds. The van der Waals surface area contributed by atoms with E-state index >= 15 is 0 Å². The highest BCUT2D eigenvalue weighted by atomic mass is 32.2. The first-order valence-corrected chi connectivity index (χ1v) is 7.02. The van der Waals surface area contributed by atoms with Crippen LogP contribution in [0.4, 0.5) is 0 Å². The number of nitrogens with two attached hydrogens (primary N) is 1. The molecule has 3 rings (SSSR count). The summed E-state index contributed by atoms with van der Waals surface area (Å²) in [5, 5.41) is 6.75. The fraction of sp³-hybridized carbons (Fsp3) is 0.0833. The van der Waals surface area contributed by atoms with Crippen LogP contribution < -0.4 is 9.88 Å². The van der Waals surface area contributed by atoms with Crippen LogP contribution in [0.5, 0.6) is 5.88 Å². The van der Waals surface area contributed by atoms with E-state index in [9.17, 15) is 8.42 Å².